The van der Waals surface area contributed by atoms with Crippen LogP contribution >= 0.6 is 0 Å². The number of nitrogens with zero attached hydrogens (tertiary/aromatic N) is 1. The molecule has 1 heteroatoms. The Morgan fingerprint density at radius 2 is 1.11 bits per heavy atom. The Labute approximate surface area is 120 Å². The van der Waals surface area contributed by atoms with Crippen LogP contribution in [0.2, 0.25) is 0 Å². The summed E-state index contributed by atoms with van der Waals surface area (Å²) in [5.41, 5.74) is 4.62. The lowest BCUT2D eigenvalue weighted by molar-refractivity contribution is 0.568. The maximum absolute atomic E-state index is 2.44. The van der Waals surface area contributed by atoms with Crippen LogP contribution in [0.4, 0.5) is 5.69 Å². The Bertz CT molecular complexity index is 382. The molecule has 0 aromatic heterocycles. The van der Waals surface area contributed by atoms with Gasteiger partial charge in [-0.1, -0.05) is 47.6 Å². The van der Waals surface area contributed by atoms with Crippen LogP contribution in [0.3, 0.4) is 0 Å². The van der Waals surface area contributed by atoms with Crippen LogP contribution in [0.25, 0.3) is 0 Å². The van der Waals surface area contributed by atoms with Crippen LogP contribution in [0.5, 0.6) is 0 Å². The molecule has 0 aliphatic heterocycles. The normalized spacial score (nSPS) is 12.6. The molecular formula is C18H31N. The quantitative estimate of drug-likeness (QED) is 0.729. The molecule has 0 bridgehead atoms. The van der Waals surface area contributed by atoms with Crippen molar-refractivity contribution < 1.29 is 0 Å². The van der Waals surface area contributed by atoms with Crippen molar-refractivity contribution in [1.29, 1.82) is 0 Å². The summed E-state index contributed by atoms with van der Waals surface area (Å²) in [6, 6.07) is 7.11. The van der Waals surface area contributed by atoms with Gasteiger partial charge in [-0.05, 0) is 47.9 Å². The van der Waals surface area contributed by atoms with Crippen LogP contribution in [-0.4, -0.2) is 13.1 Å². The molecule has 0 radical (unpaired) electrons. The number of hydrogen-bond acceptors (Lipinski definition) is 1. The average molecular weight is 261 g/mol. The largest absolute Gasteiger partial charge is 0.372 e. The second-order valence-corrected chi connectivity index (χ2v) is 7.44. The number of rotatable bonds is 3. The predicted molar refractivity (Wildman–Crippen MR) is 87.4 cm³/mol. The zero-order valence-corrected chi connectivity index (χ0v) is 14.1. The van der Waals surface area contributed by atoms with Crippen LogP contribution < -0.4 is 4.90 Å². The van der Waals surface area contributed by atoms with Crippen molar-refractivity contribution in [3.8, 4) is 0 Å². The second-order valence-electron chi connectivity index (χ2n) is 7.44. The summed E-state index contributed by atoms with van der Waals surface area (Å²) in [6.07, 6.45) is 0. The fourth-order valence-corrected chi connectivity index (χ4v) is 2.25. The summed E-state index contributed by atoms with van der Waals surface area (Å²) in [4.78, 5) is 2.44. The molecule has 1 rings (SSSR count). The SMILES string of the molecule is CCN(CC)c1cc(C(C)(C)C)cc(C(C)(C)C)c1. The van der Waals surface area contributed by atoms with Crippen molar-refractivity contribution in [2.24, 2.45) is 0 Å². The summed E-state index contributed by atoms with van der Waals surface area (Å²) in [6.45, 7) is 20.3. The van der Waals surface area contributed by atoms with Gasteiger partial charge in [0.15, 0.2) is 0 Å². The third-order valence-electron chi connectivity index (χ3n) is 3.78. The fraction of sp³-hybridized carbons (Fsp3) is 0.667. The number of hydrogen-bond donors (Lipinski definition) is 0. The van der Waals surface area contributed by atoms with Crippen molar-refractivity contribution in [3.63, 3.8) is 0 Å². The van der Waals surface area contributed by atoms with Gasteiger partial charge in [-0.3, -0.25) is 0 Å². The first kappa shape index (κ1) is 16.1. The van der Waals surface area contributed by atoms with E-state index >= 15 is 0 Å². The van der Waals surface area contributed by atoms with Crippen molar-refractivity contribution >= 4 is 5.69 Å². The van der Waals surface area contributed by atoms with Crippen LogP contribution in [0, 0.1) is 0 Å². The average Bonchev–Trinajstić information content (AvgIpc) is 2.28. The van der Waals surface area contributed by atoms with Gasteiger partial charge in [0, 0.05) is 18.8 Å². The van der Waals surface area contributed by atoms with Crippen molar-refractivity contribution in [3.05, 3.63) is 29.3 Å². The van der Waals surface area contributed by atoms with Gasteiger partial charge >= 0.3 is 0 Å². The van der Waals surface area contributed by atoms with Crippen LogP contribution in [-0.2, 0) is 10.8 Å². The lowest BCUT2D eigenvalue weighted by atomic mass is 9.80. The lowest BCUT2D eigenvalue weighted by Crippen LogP contribution is -2.24. The molecule has 0 spiro atoms. The Morgan fingerprint density at radius 3 is 1.37 bits per heavy atom. The summed E-state index contributed by atoms with van der Waals surface area (Å²) in [7, 11) is 0. The topological polar surface area (TPSA) is 3.24 Å². The minimum absolute atomic E-state index is 0.198. The molecule has 1 aromatic carbocycles. The Hall–Kier alpha value is -0.980. The first-order valence-corrected chi connectivity index (χ1v) is 7.50. The molecule has 1 nitrogen and oxygen atoms in total. The van der Waals surface area contributed by atoms with Gasteiger partial charge in [-0.15, -0.1) is 0 Å². The van der Waals surface area contributed by atoms with E-state index in [0.717, 1.165) is 13.1 Å². The van der Waals surface area contributed by atoms with E-state index in [2.05, 4.69) is 78.5 Å². The van der Waals surface area contributed by atoms with E-state index in [0.29, 0.717) is 0 Å². The number of anilines is 1. The van der Waals surface area contributed by atoms with Gasteiger partial charge in [0.1, 0.15) is 0 Å². The minimum Gasteiger partial charge on any atom is -0.372 e. The van der Waals surface area contributed by atoms with Gasteiger partial charge in [0.2, 0.25) is 0 Å². The molecule has 0 aliphatic carbocycles. The van der Waals surface area contributed by atoms with E-state index in [1.807, 2.05) is 0 Å². The van der Waals surface area contributed by atoms with E-state index in [9.17, 15) is 0 Å². The Kier molecular flexibility index (Phi) is 4.71. The Balaban J connectivity index is 3.41. The molecule has 0 N–H and O–H groups in total. The summed E-state index contributed by atoms with van der Waals surface area (Å²) in [5.74, 6) is 0. The maximum Gasteiger partial charge on any atom is 0.0371 e. The lowest BCUT2D eigenvalue weighted by Gasteiger charge is -2.29. The van der Waals surface area contributed by atoms with Gasteiger partial charge < -0.3 is 4.90 Å². The van der Waals surface area contributed by atoms with Gasteiger partial charge in [-0.2, -0.15) is 0 Å². The minimum atomic E-state index is 0.198. The van der Waals surface area contributed by atoms with Gasteiger partial charge in [-0.25, -0.2) is 0 Å². The molecule has 0 heterocycles. The highest BCUT2D eigenvalue weighted by Gasteiger charge is 2.21. The summed E-state index contributed by atoms with van der Waals surface area (Å²) < 4.78 is 0. The molecule has 0 amide bonds. The highest BCUT2D eigenvalue weighted by molar-refractivity contribution is 5.54. The molecule has 19 heavy (non-hydrogen) atoms. The van der Waals surface area contributed by atoms with Crippen molar-refractivity contribution in [2.45, 2.75) is 66.2 Å². The monoisotopic (exact) mass is 261 g/mol. The third-order valence-corrected chi connectivity index (χ3v) is 3.78. The number of benzene rings is 1. The highest BCUT2D eigenvalue weighted by Crippen LogP contribution is 2.33. The molecule has 0 fully saturated rings. The zero-order chi connectivity index (χ0) is 14.8. The van der Waals surface area contributed by atoms with E-state index in [4.69, 9.17) is 0 Å². The summed E-state index contributed by atoms with van der Waals surface area (Å²) >= 11 is 0. The van der Waals surface area contributed by atoms with Gasteiger partial charge in [0.05, 0.1) is 0 Å². The van der Waals surface area contributed by atoms with E-state index in [1.165, 1.54) is 16.8 Å². The molecule has 0 saturated heterocycles. The summed E-state index contributed by atoms with van der Waals surface area (Å²) in [5, 5.41) is 0. The second kappa shape index (κ2) is 5.56. The third kappa shape index (κ3) is 3.99. The van der Waals surface area contributed by atoms with E-state index < -0.39 is 0 Å². The van der Waals surface area contributed by atoms with Crippen LogP contribution in [0.1, 0.15) is 66.5 Å². The first-order valence-electron chi connectivity index (χ1n) is 7.50. The highest BCUT2D eigenvalue weighted by atomic mass is 15.1. The van der Waals surface area contributed by atoms with E-state index in [1.54, 1.807) is 0 Å². The molecule has 0 unspecified atom stereocenters. The molecule has 108 valence electrons. The molecule has 1 aromatic rings. The molecule has 0 saturated carbocycles. The van der Waals surface area contributed by atoms with Crippen molar-refractivity contribution in [1.82, 2.24) is 0 Å². The molecule has 0 aliphatic rings. The maximum atomic E-state index is 2.44. The van der Waals surface area contributed by atoms with Crippen molar-refractivity contribution in [2.75, 3.05) is 18.0 Å². The van der Waals surface area contributed by atoms with E-state index in [-0.39, 0.29) is 10.8 Å². The predicted octanol–water partition coefficient (Wildman–Crippen LogP) is 5.13. The Morgan fingerprint density at radius 1 is 0.737 bits per heavy atom. The molecular weight excluding hydrogens is 230 g/mol. The van der Waals surface area contributed by atoms with Crippen LogP contribution in [0.15, 0.2) is 18.2 Å². The van der Waals surface area contributed by atoms with Gasteiger partial charge in [0.25, 0.3) is 0 Å². The standard InChI is InChI=1S/C18H31N/c1-9-19(10-2)16-12-14(17(3,4)5)11-15(13-16)18(6,7)8/h11-13H,9-10H2,1-8H3. The molecule has 0 atom stereocenters. The smallest absolute Gasteiger partial charge is 0.0371 e. The fourth-order valence-electron chi connectivity index (χ4n) is 2.25. The first-order chi connectivity index (χ1) is 8.59. The zero-order valence-electron chi connectivity index (χ0n) is 14.1.